The van der Waals surface area contributed by atoms with Gasteiger partial charge in [-0.15, -0.1) is 0 Å². The maximum absolute atomic E-state index is 5.36. The molecule has 1 fully saturated rings. The standard InChI is InChI=1S/C13H18N2S/c1-15(10-11-6-5-7-11)13(16)14-12-8-3-2-4-9-12/h2-4,8-9,11H,5-7,10H2,1H3,(H,14,16). The molecule has 1 aromatic rings. The van der Waals surface area contributed by atoms with E-state index in [1.807, 2.05) is 30.3 Å². The highest BCUT2D eigenvalue weighted by atomic mass is 32.1. The van der Waals surface area contributed by atoms with Crippen LogP contribution >= 0.6 is 12.2 Å². The number of benzene rings is 1. The molecular formula is C13H18N2S. The molecule has 3 heteroatoms. The Morgan fingerprint density at radius 2 is 2.06 bits per heavy atom. The minimum atomic E-state index is 0.818. The molecule has 86 valence electrons. The summed E-state index contributed by atoms with van der Waals surface area (Å²) in [5.74, 6) is 0.848. The van der Waals surface area contributed by atoms with E-state index >= 15 is 0 Å². The van der Waals surface area contributed by atoms with Crippen LogP contribution in [0.25, 0.3) is 0 Å². The molecule has 1 aliphatic carbocycles. The summed E-state index contributed by atoms with van der Waals surface area (Å²) >= 11 is 5.36. The third-order valence-corrected chi connectivity index (χ3v) is 3.54. The molecule has 1 aromatic carbocycles. The maximum atomic E-state index is 5.36. The van der Waals surface area contributed by atoms with Gasteiger partial charge >= 0.3 is 0 Å². The van der Waals surface area contributed by atoms with Crippen LogP contribution in [0.3, 0.4) is 0 Å². The fourth-order valence-corrected chi connectivity index (χ4v) is 2.08. The van der Waals surface area contributed by atoms with Crippen LogP contribution in [-0.2, 0) is 0 Å². The molecule has 1 N–H and O–H groups in total. The number of anilines is 1. The van der Waals surface area contributed by atoms with Crippen molar-refractivity contribution in [3.63, 3.8) is 0 Å². The van der Waals surface area contributed by atoms with E-state index in [-0.39, 0.29) is 0 Å². The third-order valence-electron chi connectivity index (χ3n) is 3.13. The number of nitrogens with zero attached hydrogens (tertiary/aromatic N) is 1. The van der Waals surface area contributed by atoms with E-state index in [0.29, 0.717) is 0 Å². The molecule has 0 heterocycles. The quantitative estimate of drug-likeness (QED) is 0.809. The molecule has 1 saturated carbocycles. The first kappa shape index (κ1) is 11.4. The van der Waals surface area contributed by atoms with Crippen LogP contribution in [0, 0.1) is 5.92 Å². The molecule has 0 unspecified atom stereocenters. The lowest BCUT2D eigenvalue weighted by Gasteiger charge is -2.31. The molecule has 0 aromatic heterocycles. The van der Waals surface area contributed by atoms with Crippen LogP contribution in [0.4, 0.5) is 5.69 Å². The van der Waals surface area contributed by atoms with E-state index in [4.69, 9.17) is 12.2 Å². The first-order valence-electron chi connectivity index (χ1n) is 5.83. The van der Waals surface area contributed by atoms with Crippen LogP contribution in [0.1, 0.15) is 19.3 Å². The van der Waals surface area contributed by atoms with E-state index < -0.39 is 0 Å². The second-order valence-corrected chi connectivity index (χ2v) is 4.86. The van der Waals surface area contributed by atoms with E-state index in [2.05, 4.69) is 17.3 Å². The summed E-state index contributed by atoms with van der Waals surface area (Å²) in [6.07, 6.45) is 4.11. The monoisotopic (exact) mass is 234 g/mol. The molecule has 0 radical (unpaired) electrons. The molecule has 0 bridgehead atoms. The van der Waals surface area contributed by atoms with Gasteiger partial charge in [0.05, 0.1) is 0 Å². The number of hydrogen-bond acceptors (Lipinski definition) is 1. The molecular weight excluding hydrogens is 216 g/mol. The van der Waals surface area contributed by atoms with E-state index in [0.717, 1.165) is 23.3 Å². The number of thiocarbonyl (C=S) groups is 1. The van der Waals surface area contributed by atoms with Gasteiger partial charge in [-0.25, -0.2) is 0 Å². The van der Waals surface area contributed by atoms with Crippen molar-refractivity contribution < 1.29 is 0 Å². The highest BCUT2D eigenvalue weighted by Crippen LogP contribution is 2.26. The van der Waals surface area contributed by atoms with Crippen molar-refractivity contribution in [2.24, 2.45) is 5.92 Å². The minimum Gasteiger partial charge on any atom is -0.352 e. The van der Waals surface area contributed by atoms with Gasteiger partial charge in [-0.1, -0.05) is 24.6 Å². The van der Waals surface area contributed by atoms with Gasteiger partial charge in [-0.2, -0.15) is 0 Å². The fourth-order valence-electron chi connectivity index (χ4n) is 1.89. The van der Waals surface area contributed by atoms with Gasteiger partial charge in [-0.3, -0.25) is 0 Å². The Hall–Kier alpha value is -1.09. The minimum absolute atomic E-state index is 0.818. The van der Waals surface area contributed by atoms with Crippen LogP contribution < -0.4 is 5.32 Å². The van der Waals surface area contributed by atoms with Gasteiger partial charge in [0.25, 0.3) is 0 Å². The van der Waals surface area contributed by atoms with E-state index in [1.165, 1.54) is 19.3 Å². The smallest absolute Gasteiger partial charge is 0.173 e. The first-order chi connectivity index (χ1) is 7.75. The Bertz CT molecular complexity index is 346. The van der Waals surface area contributed by atoms with Crippen LogP contribution in [-0.4, -0.2) is 23.6 Å². The van der Waals surface area contributed by atoms with Gasteiger partial charge in [0.2, 0.25) is 0 Å². The zero-order valence-corrected chi connectivity index (χ0v) is 10.5. The van der Waals surface area contributed by atoms with Gasteiger partial charge in [-0.05, 0) is 43.1 Å². The van der Waals surface area contributed by atoms with Gasteiger partial charge in [0.15, 0.2) is 5.11 Å². The van der Waals surface area contributed by atoms with Crippen molar-refractivity contribution >= 4 is 23.0 Å². The summed E-state index contributed by atoms with van der Waals surface area (Å²) in [5.41, 5.74) is 1.06. The predicted octanol–water partition coefficient (Wildman–Crippen LogP) is 3.12. The predicted molar refractivity (Wildman–Crippen MR) is 72.6 cm³/mol. The maximum Gasteiger partial charge on any atom is 0.173 e. The fraction of sp³-hybridized carbons (Fsp3) is 0.462. The average Bonchev–Trinajstić information content (AvgIpc) is 2.24. The zero-order valence-electron chi connectivity index (χ0n) is 9.65. The first-order valence-corrected chi connectivity index (χ1v) is 6.23. The molecule has 2 rings (SSSR count). The molecule has 0 aliphatic heterocycles. The normalized spacial score (nSPS) is 15.3. The Morgan fingerprint density at radius 3 is 2.62 bits per heavy atom. The lowest BCUT2D eigenvalue weighted by atomic mass is 9.85. The number of para-hydroxylation sites is 1. The highest BCUT2D eigenvalue weighted by molar-refractivity contribution is 7.80. The van der Waals surface area contributed by atoms with Crippen molar-refractivity contribution in [2.75, 3.05) is 18.9 Å². The summed E-state index contributed by atoms with van der Waals surface area (Å²) in [7, 11) is 2.07. The summed E-state index contributed by atoms with van der Waals surface area (Å²) in [5, 5.41) is 4.07. The van der Waals surface area contributed by atoms with Crippen molar-refractivity contribution in [3.8, 4) is 0 Å². The molecule has 2 nitrogen and oxygen atoms in total. The van der Waals surface area contributed by atoms with Crippen molar-refractivity contribution in [1.29, 1.82) is 0 Å². The lowest BCUT2D eigenvalue weighted by Crippen LogP contribution is -2.36. The Labute approximate surface area is 103 Å². The van der Waals surface area contributed by atoms with Crippen LogP contribution in [0.15, 0.2) is 30.3 Å². The molecule has 0 atom stereocenters. The summed E-state index contributed by atoms with van der Waals surface area (Å²) in [6.45, 7) is 1.08. The van der Waals surface area contributed by atoms with Crippen LogP contribution in [0.5, 0.6) is 0 Å². The Morgan fingerprint density at radius 1 is 1.38 bits per heavy atom. The summed E-state index contributed by atoms with van der Waals surface area (Å²) in [6, 6.07) is 10.1. The van der Waals surface area contributed by atoms with Gasteiger partial charge < -0.3 is 10.2 Å². The zero-order chi connectivity index (χ0) is 11.4. The van der Waals surface area contributed by atoms with Crippen molar-refractivity contribution in [2.45, 2.75) is 19.3 Å². The molecule has 1 aliphatic rings. The van der Waals surface area contributed by atoms with Crippen molar-refractivity contribution in [1.82, 2.24) is 4.90 Å². The largest absolute Gasteiger partial charge is 0.352 e. The molecule has 0 saturated heterocycles. The van der Waals surface area contributed by atoms with E-state index in [1.54, 1.807) is 0 Å². The number of rotatable bonds is 3. The summed E-state index contributed by atoms with van der Waals surface area (Å²) in [4.78, 5) is 2.14. The second kappa shape index (κ2) is 5.30. The third kappa shape index (κ3) is 2.95. The topological polar surface area (TPSA) is 15.3 Å². The SMILES string of the molecule is CN(CC1CCC1)C(=S)Nc1ccccc1. The van der Waals surface area contributed by atoms with Crippen molar-refractivity contribution in [3.05, 3.63) is 30.3 Å². The molecule has 16 heavy (non-hydrogen) atoms. The molecule has 0 spiro atoms. The Balaban J connectivity index is 1.82. The number of nitrogens with one attached hydrogen (secondary N) is 1. The summed E-state index contributed by atoms with van der Waals surface area (Å²) < 4.78 is 0. The molecule has 0 amide bonds. The van der Waals surface area contributed by atoms with E-state index in [9.17, 15) is 0 Å². The second-order valence-electron chi connectivity index (χ2n) is 4.47. The Kier molecular flexibility index (Phi) is 3.78. The van der Waals surface area contributed by atoms with Crippen LogP contribution in [0.2, 0.25) is 0 Å². The van der Waals surface area contributed by atoms with Gasteiger partial charge in [0.1, 0.15) is 0 Å². The average molecular weight is 234 g/mol. The number of hydrogen-bond donors (Lipinski definition) is 1. The lowest BCUT2D eigenvalue weighted by molar-refractivity contribution is 0.260. The van der Waals surface area contributed by atoms with Gasteiger partial charge in [0, 0.05) is 19.3 Å². The highest BCUT2D eigenvalue weighted by Gasteiger charge is 2.19.